The van der Waals surface area contributed by atoms with Crippen LogP contribution in [0, 0.1) is 5.92 Å². The van der Waals surface area contributed by atoms with E-state index >= 15 is 0 Å². The summed E-state index contributed by atoms with van der Waals surface area (Å²) in [6.45, 7) is 2.11. The highest BCUT2D eigenvalue weighted by molar-refractivity contribution is 7.10. The molecule has 2 heterocycles. The van der Waals surface area contributed by atoms with Gasteiger partial charge in [0.15, 0.2) is 0 Å². The third-order valence-electron chi connectivity index (χ3n) is 4.16. The van der Waals surface area contributed by atoms with Gasteiger partial charge in [0, 0.05) is 24.1 Å². The Morgan fingerprint density at radius 1 is 1.35 bits per heavy atom. The van der Waals surface area contributed by atoms with Crippen molar-refractivity contribution in [3.8, 4) is 0 Å². The molecule has 1 aromatic rings. The highest BCUT2D eigenvalue weighted by atomic mass is 32.1. The standard InChI is InChI=1S/C11H19N5S/c12-13-11-9(14-15-17-11)7-16-6-5-8-3-1-2-4-10(8)16/h8,10,13H,1-7,12H2. The van der Waals surface area contributed by atoms with Gasteiger partial charge in [-0.05, 0) is 31.7 Å². The van der Waals surface area contributed by atoms with E-state index in [0.29, 0.717) is 0 Å². The molecule has 5 nitrogen and oxygen atoms in total. The maximum atomic E-state index is 5.46. The molecule has 1 aliphatic heterocycles. The second-order valence-corrected chi connectivity index (χ2v) is 5.82. The van der Waals surface area contributed by atoms with E-state index in [0.717, 1.165) is 29.2 Å². The number of likely N-dealkylation sites (tertiary alicyclic amines) is 1. The zero-order valence-corrected chi connectivity index (χ0v) is 10.7. The molecule has 2 unspecified atom stereocenters. The molecule has 0 amide bonds. The monoisotopic (exact) mass is 253 g/mol. The lowest BCUT2D eigenvalue weighted by Gasteiger charge is -2.31. The Bertz CT molecular complexity index is 380. The Morgan fingerprint density at radius 2 is 2.24 bits per heavy atom. The summed E-state index contributed by atoms with van der Waals surface area (Å²) >= 11 is 1.34. The number of anilines is 1. The number of rotatable bonds is 3. The summed E-state index contributed by atoms with van der Waals surface area (Å²) in [5.41, 5.74) is 3.69. The highest BCUT2D eigenvalue weighted by Gasteiger charge is 2.35. The van der Waals surface area contributed by atoms with Gasteiger partial charge in [-0.1, -0.05) is 17.3 Å². The molecule has 1 aliphatic carbocycles. The van der Waals surface area contributed by atoms with E-state index in [1.165, 1.54) is 50.2 Å². The summed E-state index contributed by atoms with van der Waals surface area (Å²) < 4.78 is 3.96. The largest absolute Gasteiger partial charge is 0.313 e. The Kier molecular flexibility index (Phi) is 3.26. The lowest BCUT2D eigenvalue weighted by Crippen LogP contribution is -2.34. The fourth-order valence-corrected chi connectivity index (χ4v) is 3.80. The molecule has 2 fully saturated rings. The predicted molar refractivity (Wildman–Crippen MR) is 68.5 cm³/mol. The van der Waals surface area contributed by atoms with Gasteiger partial charge in [-0.25, -0.2) is 5.84 Å². The van der Waals surface area contributed by atoms with E-state index < -0.39 is 0 Å². The van der Waals surface area contributed by atoms with Crippen LogP contribution < -0.4 is 11.3 Å². The second kappa shape index (κ2) is 4.88. The SMILES string of the molecule is NNc1snnc1CN1CCC2CCCCC21. The summed E-state index contributed by atoms with van der Waals surface area (Å²) in [7, 11) is 0. The van der Waals surface area contributed by atoms with E-state index in [-0.39, 0.29) is 0 Å². The molecule has 1 aromatic heterocycles. The van der Waals surface area contributed by atoms with Gasteiger partial charge in [0.05, 0.1) is 0 Å². The number of nitrogens with two attached hydrogens (primary N) is 1. The van der Waals surface area contributed by atoms with Crippen molar-refractivity contribution in [1.29, 1.82) is 0 Å². The van der Waals surface area contributed by atoms with Crippen LogP contribution in [0.5, 0.6) is 0 Å². The van der Waals surface area contributed by atoms with Crippen molar-refractivity contribution in [1.82, 2.24) is 14.5 Å². The van der Waals surface area contributed by atoms with Gasteiger partial charge in [-0.15, -0.1) is 5.10 Å². The van der Waals surface area contributed by atoms with Crippen molar-refractivity contribution in [2.45, 2.75) is 44.7 Å². The Morgan fingerprint density at radius 3 is 3.12 bits per heavy atom. The fourth-order valence-electron chi connectivity index (χ4n) is 3.31. The minimum atomic E-state index is 0.774. The molecule has 0 aromatic carbocycles. The normalized spacial score (nSPS) is 29.2. The van der Waals surface area contributed by atoms with Gasteiger partial charge in [-0.3, -0.25) is 4.90 Å². The predicted octanol–water partition coefficient (Wildman–Crippen LogP) is 1.59. The summed E-state index contributed by atoms with van der Waals surface area (Å²) in [6, 6.07) is 0.774. The maximum Gasteiger partial charge on any atom is 0.148 e. The van der Waals surface area contributed by atoms with Crippen molar-refractivity contribution >= 4 is 16.5 Å². The van der Waals surface area contributed by atoms with E-state index in [4.69, 9.17) is 5.84 Å². The molecule has 0 radical (unpaired) electrons. The summed E-state index contributed by atoms with van der Waals surface area (Å²) in [5.74, 6) is 6.38. The van der Waals surface area contributed by atoms with Gasteiger partial charge >= 0.3 is 0 Å². The third kappa shape index (κ3) is 2.17. The van der Waals surface area contributed by atoms with Crippen LogP contribution in [-0.2, 0) is 6.54 Å². The first-order chi connectivity index (χ1) is 8.38. The number of nitrogen functional groups attached to an aromatic ring is 1. The van der Waals surface area contributed by atoms with E-state index in [1.807, 2.05) is 0 Å². The van der Waals surface area contributed by atoms with Crippen LogP contribution in [0.4, 0.5) is 5.00 Å². The van der Waals surface area contributed by atoms with Crippen molar-refractivity contribution in [3.63, 3.8) is 0 Å². The molecule has 2 atom stereocenters. The molecule has 0 spiro atoms. The zero-order chi connectivity index (χ0) is 11.7. The first-order valence-corrected chi connectivity index (χ1v) is 7.17. The van der Waals surface area contributed by atoms with E-state index in [9.17, 15) is 0 Å². The van der Waals surface area contributed by atoms with Gasteiger partial charge in [0.2, 0.25) is 0 Å². The fraction of sp³-hybridized carbons (Fsp3) is 0.818. The van der Waals surface area contributed by atoms with Crippen molar-refractivity contribution in [2.24, 2.45) is 11.8 Å². The van der Waals surface area contributed by atoms with Crippen LogP contribution in [-0.4, -0.2) is 27.1 Å². The summed E-state index contributed by atoms with van der Waals surface area (Å²) in [4.78, 5) is 2.57. The molecular weight excluding hydrogens is 234 g/mol. The highest BCUT2D eigenvalue weighted by Crippen LogP contribution is 2.37. The minimum Gasteiger partial charge on any atom is -0.313 e. The lowest BCUT2D eigenvalue weighted by atomic mass is 9.85. The van der Waals surface area contributed by atoms with Crippen molar-refractivity contribution < 1.29 is 0 Å². The second-order valence-electron chi connectivity index (χ2n) is 5.06. The number of nitrogens with one attached hydrogen (secondary N) is 1. The summed E-state index contributed by atoms with van der Waals surface area (Å²) in [6.07, 6.45) is 6.93. The molecule has 1 saturated carbocycles. The van der Waals surface area contributed by atoms with Crippen LogP contribution >= 0.6 is 11.5 Å². The third-order valence-corrected chi connectivity index (χ3v) is 4.86. The first kappa shape index (κ1) is 11.4. The van der Waals surface area contributed by atoms with Crippen LogP contribution in [0.2, 0.25) is 0 Å². The maximum absolute atomic E-state index is 5.46. The molecule has 94 valence electrons. The molecule has 3 rings (SSSR count). The quantitative estimate of drug-likeness (QED) is 0.632. The molecule has 1 saturated heterocycles. The lowest BCUT2D eigenvalue weighted by molar-refractivity contribution is 0.174. The number of hydrazine groups is 1. The van der Waals surface area contributed by atoms with Crippen LogP contribution in [0.15, 0.2) is 0 Å². The molecule has 2 aliphatic rings. The Labute approximate surface area is 106 Å². The van der Waals surface area contributed by atoms with Crippen LogP contribution in [0.3, 0.4) is 0 Å². The van der Waals surface area contributed by atoms with Gasteiger partial charge in [0.25, 0.3) is 0 Å². The van der Waals surface area contributed by atoms with E-state index in [2.05, 4.69) is 19.9 Å². The topological polar surface area (TPSA) is 67.1 Å². The molecule has 0 bridgehead atoms. The molecule has 3 N–H and O–H groups in total. The van der Waals surface area contributed by atoms with Crippen molar-refractivity contribution in [2.75, 3.05) is 12.0 Å². The van der Waals surface area contributed by atoms with Crippen LogP contribution in [0.1, 0.15) is 37.8 Å². The molecule has 6 heteroatoms. The van der Waals surface area contributed by atoms with Gasteiger partial charge < -0.3 is 5.43 Å². The van der Waals surface area contributed by atoms with Gasteiger partial charge in [-0.2, -0.15) is 0 Å². The van der Waals surface area contributed by atoms with Crippen molar-refractivity contribution in [3.05, 3.63) is 5.69 Å². The number of fused-ring (bicyclic) bond motifs is 1. The number of aromatic nitrogens is 2. The van der Waals surface area contributed by atoms with Gasteiger partial charge in [0.1, 0.15) is 10.7 Å². The smallest absolute Gasteiger partial charge is 0.148 e. The zero-order valence-electron chi connectivity index (χ0n) is 9.93. The average molecular weight is 253 g/mol. The number of hydrogen-bond donors (Lipinski definition) is 2. The Hall–Kier alpha value is -0.720. The first-order valence-electron chi connectivity index (χ1n) is 6.40. The average Bonchev–Trinajstić information content (AvgIpc) is 2.97. The number of nitrogens with zero attached hydrogens (tertiary/aromatic N) is 3. The molecular formula is C11H19N5S. The van der Waals surface area contributed by atoms with E-state index in [1.54, 1.807) is 0 Å². The van der Waals surface area contributed by atoms with Crippen LogP contribution in [0.25, 0.3) is 0 Å². The number of hydrogen-bond acceptors (Lipinski definition) is 6. The molecule has 17 heavy (non-hydrogen) atoms. The Balaban J connectivity index is 1.69. The minimum absolute atomic E-state index is 0.774. The summed E-state index contributed by atoms with van der Waals surface area (Å²) in [5, 5.41) is 5.08.